The molecular weight excluding hydrogens is 345 g/mol. The van der Waals surface area contributed by atoms with Gasteiger partial charge in [-0.2, -0.15) is 0 Å². The van der Waals surface area contributed by atoms with Crippen molar-refractivity contribution in [3.63, 3.8) is 0 Å². The number of carbonyl (C=O) groups excluding carboxylic acids is 2. The number of Topliss-reactive ketones (excluding diaryl/α,β-unsaturated/α-hetero) is 1. The summed E-state index contributed by atoms with van der Waals surface area (Å²) in [4.78, 5) is 22.1. The Kier molecular flexibility index (Phi) is 10.4. The lowest BCUT2D eigenvalue weighted by atomic mass is 9.93. The summed E-state index contributed by atoms with van der Waals surface area (Å²) in [6.07, 6.45) is -1.78. The Morgan fingerprint density at radius 3 is 2.70 bits per heavy atom. The summed E-state index contributed by atoms with van der Waals surface area (Å²) in [5, 5.41) is 10.2. The fourth-order valence-electron chi connectivity index (χ4n) is 2.02. The van der Waals surface area contributed by atoms with Crippen LogP contribution in [0.15, 0.2) is 0 Å². The van der Waals surface area contributed by atoms with E-state index in [2.05, 4.69) is 0 Å². The van der Waals surface area contributed by atoms with Crippen LogP contribution in [-0.4, -0.2) is 69.5 Å². The topological polar surface area (TPSA) is 101 Å². The average molecular weight is 368 g/mol. The van der Waals surface area contributed by atoms with Gasteiger partial charge in [-0.3, -0.25) is 4.79 Å². The molecule has 0 spiro atoms. The summed E-state index contributed by atoms with van der Waals surface area (Å²) in [5.41, 5.74) is 0. The number of ether oxygens (including phenoxy) is 3. The molecule has 6 atom stereocenters. The molecule has 1 rings (SSSR count). The fourth-order valence-corrected chi connectivity index (χ4v) is 3.08. The third-order valence-electron chi connectivity index (χ3n) is 3.19. The number of esters is 1. The van der Waals surface area contributed by atoms with Crippen LogP contribution in [0.1, 0.15) is 19.8 Å². The quantitative estimate of drug-likeness (QED) is 0.175. The highest BCUT2D eigenvalue weighted by atomic mass is 32.0. The predicted octanol–water partition coefficient (Wildman–Crippen LogP) is -0.275. The number of aliphatic hydroxyl groups excluding tert-OH is 1. The Bertz CT molecular complexity index is 386. The first-order chi connectivity index (χ1) is 11.0. The summed E-state index contributed by atoms with van der Waals surface area (Å²) in [7, 11) is 3.84. The van der Waals surface area contributed by atoms with E-state index in [9.17, 15) is 14.7 Å². The molecule has 8 nitrogen and oxygen atoms in total. The molecular formula is C12H23BO8P2. The monoisotopic (exact) mass is 368 g/mol. The van der Waals surface area contributed by atoms with Gasteiger partial charge in [-0.25, -0.2) is 0 Å². The van der Waals surface area contributed by atoms with Gasteiger partial charge in [0.2, 0.25) is 0 Å². The first kappa shape index (κ1) is 20.9. The maximum Gasteiger partial charge on any atom is 0.308 e. The van der Waals surface area contributed by atoms with E-state index >= 15 is 0 Å². The van der Waals surface area contributed by atoms with Crippen LogP contribution in [0.5, 0.6) is 0 Å². The average Bonchev–Trinajstić information content (AvgIpc) is 2.77. The highest BCUT2D eigenvalue weighted by molar-refractivity contribution is 8.07. The van der Waals surface area contributed by atoms with Crippen molar-refractivity contribution in [1.29, 1.82) is 0 Å². The summed E-state index contributed by atoms with van der Waals surface area (Å²) in [6.45, 7) is 1.37. The van der Waals surface area contributed by atoms with E-state index in [-0.39, 0.29) is 55.0 Å². The molecule has 0 amide bonds. The van der Waals surface area contributed by atoms with Gasteiger partial charge in [0.15, 0.2) is 6.79 Å². The molecule has 0 aromatic heterocycles. The minimum Gasteiger partial charge on any atom is -0.438 e. The zero-order chi connectivity index (χ0) is 17.2. The van der Waals surface area contributed by atoms with Crippen molar-refractivity contribution in [1.82, 2.24) is 0 Å². The van der Waals surface area contributed by atoms with Crippen LogP contribution >= 0.6 is 17.0 Å². The van der Waals surface area contributed by atoms with Crippen LogP contribution < -0.4 is 0 Å². The molecule has 0 aromatic rings. The molecule has 132 valence electrons. The molecule has 1 aliphatic rings. The van der Waals surface area contributed by atoms with Crippen LogP contribution in [0.4, 0.5) is 0 Å². The molecule has 0 aliphatic carbocycles. The molecule has 1 N–H and O–H groups in total. The second kappa shape index (κ2) is 11.4. The van der Waals surface area contributed by atoms with Gasteiger partial charge in [0.25, 0.3) is 0 Å². The summed E-state index contributed by atoms with van der Waals surface area (Å²) < 4.78 is 26.1. The molecule has 1 heterocycles. The Hall–Kier alpha value is -0.135. The summed E-state index contributed by atoms with van der Waals surface area (Å²) in [6, 6.07) is -0.345. The second-order valence-electron chi connectivity index (χ2n) is 5.06. The molecule has 11 heteroatoms. The Morgan fingerprint density at radius 2 is 2.04 bits per heavy atom. The van der Waals surface area contributed by atoms with E-state index in [4.69, 9.17) is 23.3 Å². The zero-order valence-corrected chi connectivity index (χ0v) is 15.4. The highest BCUT2D eigenvalue weighted by Gasteiger charge is 2.42. The Balaban J connectivity index is 2.25. The summed E-state index contributed by atoms with van der Waals surface area (Å²) in [5.74, 6) is -0.586. The lowest BCUT2D eigenvalue weighted by molar-refractivity contribution is -0.166. The van der Waals surface area contributed by atoms with Crippen molar-refractivity contribution < 1.29 is 38.0 Å². The molecule has 0 radical (unpaired) electrons. The first-order valence-corrected chi connectivity index (χ1v) is 10.0. The zero-order valence-electron chi connectivity index (χ0n) is 13.4. The molecule has 0 saturated carbocycles. The molecule has 1 fully saturated rings. The van der Waals surface area contributed by atoms with Crippen molar-refractivity contribution in [2.75, 3.05) is 20.5 Å². The Labute approximate surface area is 139 Å². The van der Waals surface area contributed by atoms with Gasteiger partial charge in [-0.15, -0.1) is 0 Å². The van der Waals surface area contributed by atoms with Gasteiger partial charge in [0.1, 0.15) is 31.9 Å². The minimum atomic E-state index is -0.864. The molecule has 1 aliphatic heterocycles. The maximum absolute atomic E-state index is 11.4. The lowest BCUT2D eigenvalue weighted by Crippen LogP contribution is -2.37. The van der Waals surface area contributed by atoms with E-state index in [1.807, 2.05) is 0 Å². The van der Waals surface area contributed by atoms with Gasteiger partial charge >= 0.3 is 5.97 Å². The normalized spacial score (nSPS) is 28.1. The SMILES string of the molecule is B[C@@H]1O[C@H](COPPOC)C(O)[C@@H]1OCOC(=O)CCC(C)=O. The van der Waals surface area contributed by atoms with E-state index in [0.29, 0.717) is 0 Å². The van der Waals surface area contributed by atoms with Crippen molar-refractivity contribution in [3.05, 3.63) is 0 Å². The van der Waals surface area contributed by atoms with Gasteiger partial charge in [0, 0.05) is 13.5 Å². The van der Waals surface area contributed by atoms with Crippen LogP contribution in [0.2, 0.25) is 0 Å². The third-order valence-corrected chi connectivity index (χ3v) is 5.09. The largest absolute Gasteiger partial charge is 0.438 e. The molecule has 23 heavy (non-hydrogen) atoms. The van der Waals surface area contributed by atoms with Crippen molar-refractivity contribution in [2.24, 2.45) is 0 Å². The predicted molar refractivity (Wildman–Crippen MR) is 88.5 cm³/mol. The smallest absolute Gasteiger partial charge is 0.308 e. The number of hydrogen-bond acceptors (Lipinski definition) is 8. The van der Waals surface area contributed by atoms with E-state index in [1.54, 1.807) is 15.0 Å². The van der Waals surface area contributed by atoms with Crippen LogP contribution in [0.3, 0.4) is 0 Å². The number of aliphatic hydroxyl groups is 1. The number of hydrogen-bond donors (Lipinski definition) is 1. The lowest BCUT2D eigenvalue weighted by Gasteiger charge is -2.19. The maximum atomic E-state index is 11.4. The van der Waals surface area contributed by atoms with Crippen LogP contribution in [0.25, 0.3) is 0 Å². The fraction of sp³-hybridized carbons (Fsp3) is 0.833. The van der Waals surface area contributed by atoms with Gasteiger partial charge < -0.3 is 33.2 Å². The van der Waals surface area contributed by atoms with Gasteiger partial charge in [-0.1, -0.05) is 0 Å². The molecule has 0 bridgehead atoms. The molecule has 0 aromatic carbocycles. The second-order valence-corrected chi connectivity index (χ2v) is 7.39. The highest BCUT2D eigenvalue weighted by Crippen LogP contribution is 2.38. The van der Waals surface area contributed by atoms with E-state index in [0.717, 1.165) is 0 Å². The number of carbonyl (C=O) groups is 2. The summed E-state index contributed by atoms with van der Waals surface area (Å²) >= 11 is 0. The van der Waals surface area contributed by atoms with Crippen molar-refractivity contribution >= 4 is 36.6 Å². The van der Waals surface area contributed by atoms with Gasteiger partial charge in [0.05, 0.1) is 36.0 Å². The third kappa shape index (κ3) is 7.99. The number of rotatable bonds is 11. The van der Waals surface area contributed by atoms with Crippen LogP contribution in [0, 0.1) is 0 Å². The van der Waals surface area contributed by atoms with E-state index < -0.39 is 24.3 Å². The van der Waals surface area contributed by atoms with E-state index in [1.165, 1.54) is 6.92 Å². The number of ketones is 1. The first-order valence-electron chi connectivity index (χ1n) is 7.20. The minimum absolute atomic E-state index is 0.0234. The standard InChI is InChI=1S/C12H23BO8P2/c1-7(14)3-4-9(15)18-6-19-11-10(16)8(21-12(11)13)5-20-23-22-17-2/h8,10-12,16,22-23H,3-6,13H2,1-2H3/t8-,10?,11+,12-/m1/s1. The molecule has 1 saturated heterocycles. The van der Waals surface area contributed by atoms with Crippen LogP contribution in [-0.2, 0) is 32.8 Å². The van der Waals surface area contributed by atoms with Gasteiger partial charge in [-0.05, 0) is 6.92 Å². The Morgan fingerprint density at radius 1 is 1.30 bits per heavy atom. The van der Waals surface area contributed by atoms with Crippen molar-refractivity contribution in [3.8, 4) is 0 Å². The molecule has 3 unspecified atom stereocenters. The van der Waals surface area contributed by atoms with Crippen molar-refractivity contribution in [2.45, 2.75) is 44.1 Å².